The smallest absolute Gasteiger partial charge is 0.248 e. The van der Waals surface area contributed by atoms with Gasteiger partial charge in [-0.15, -0.1) is 5.10 Å². The highest BCUT2D eigenvalue weighted by Gasteiger charge is 2.31. The molecule has 6 heteroatoms. The second kappa shape index (κ2) is 4.47. The Kier molecular flexibility index (Phi) is 2.79. The van der Waals surface area contributed by atoms with Crippen LogP contribution < -0.4 is 11.5 Å². The molecule has 0 bridgehead atoms. The van der Waals surface area contributed by atoms with E-state index in [1.807, 2.05) is 16.8 Å². The van der Waals surface area contributed by atoms with Gasteiger partial charge >= 0.3 is 0 Å². The van der Waals surface area contributed by atoms with Crippen LogP contribution in [0.5, 0.6) is 0 Å². The van der Waals surface area contributed by atoms with Gasteiger partial charge < -0.3 is 11.5 Å². The summed E-state index contributed by atoms with van der Waals surface area (Å²) in [7, 11) is 0. The van der Waals surface area contributed by atoms with Crippen molar-refractivity contribution in [3.05, 3.63) is 41.2 Å². The molecule has 0 aliphatic heterocycles. The third-order valence-electron chi connectivity index (χ3n) is 3.33. The Morgan fingerprint density at radius 1 is 1.32 bits per heavy atom. The van der Waals surface area contributed by atoms with E-state index in [1.165, 1.54) is 0 Å². The summed E-state index contributed by atoms with van der Waals surface area (Å²) in [6.07, 6.45) is 2.31. The molecule has 6 nitrogen and oxygen atoms in total. The maximum Gasteiger partial charge on any atom is 0.248 e. The Balaban J connectivity index is 2.01. The number of nitrogens with two attached hydrogens (primary N) is 2. The van der Waals surface area contributed by atoms with Crippen molar-refractivity contribution in [2.75, 3.05) is 0 Å². The molecular formula is C13H15N5O. The molecular weight excluding hydrogens is 242 g/mol. The number of rotatable bonds is 4. The van der Waals surface area contributed by atoms with Crippen molar-refractivity contribution < 1.29 is 4.79 Å². The summed E-state index contributed by atoms with van der Waals surface area (Å²) in [5.41, 5.74) is 14.2. The molecule has 0 unspecified atom stereocenters. The lowest BCUT2D eigenvalue weighted by atomic mass is 10.2. The minimum Gasteiger partial charge on any atom is -0.366 e. The minimum absolute atomic E-state index is 0.394. The Hall–Kier alpha value is -2.21. The van der Waals surface area contributed by atoms with E-state index in [0.717, 1.165) is 29.9 Å². The number of benzene rings is 1. The average molecular weight is 257 g/mol. The van der Waals surface area contributed by atoms with E-state index >= 15 is 0 Å². The molecule has 2 aromatic rings. The number of carbonyl (C=O) groups excluding carboxylic acids is 1. The summed E-state index contributed by atoms with van der Waals surface area (Å²) >= 11 is 0. The molecule has 0 radical (unpaired) electrons. The molecule has 1 amide bonds. The maximum absolute atomic E-state index is 11.1. The van der Waals surface area contributed by atoms with Crippen LogP contribution in [0.25, 0.3) is 5.69 Å². The van der Waals surface area contributed by atoms with Gasteiger partial charge in [-0.25, -0.2) is 4.68 Å². The van der Waals surface area contributed by atoms with E-state index in [2.05, 4.69) is 10.3 Å². The topological polar surface area (TPSA) is 99.8 Å². The molecule has 0 saturated heterocycles. The number of aromatic nitrogens is 3. The SMILES string of the molecule is NCc1nnn(-c2ccc(C(N)=O)cc2)c1C1CC1. The second-order valence-electron chi connectivity index (χ2n) is 4.72. The molecule has 19 heavy (non-hydrogen) atoms. The van der Waals surface area contributed by atoms with Gasteiger partial charge in [0, 0.05) is 18.0 Å². The van der Waals surface area contributed by atoms with Crippen LogP contribution in [-0.2, 0) is 6.54 Å². The number of hydrogen-bond acceptors (Lipinski definition) is 4. The first-order valence-corrected chi connectivity index (χ1v) is 6.25. The van der Waals surface area contributed by atoms with Crippen LogP contribution >= 0.6 is 0 Å². The van der Waals surface area contributed by atoms with Gasteiger partial charge in [0.15, 0.2) is 0 Å². The standard InChI is InChI=1S/C13H15N5O/c14-7-11-12(8-1-2-8)18(17-16-11)10-5-3-9(4-6-10)13(15)19/h3-6,8H,1-2,7,14H2,(H2,15,19). The molecule has 1 fully saturated rings. The highest BCUT2D eigenvalue weighted by Crippen LogP contribution is 2.41. The van der Waals surface area contributed by atoms with E-state index in [1.54, 1.807) is 12.1 Å². The number of nitrogens with zero attached hydrogens (tertiary/aromatic N) is 3. The lowest BCUT2D eigenvalue weighted by Crippen LogP contribution is -2.11. The van der Waals surface area contributed by atoms with Crippen molar-refractivity contribution in [3.8, 4) is 5.69 Å². The third kappa shape index (κ3) is 2.10. The van der Waals surface area contributed by atoms with Gasteiger partial charge in [0.2, 0.25) is 5.91 Å². The van der Waals surface area contributed by atoms with Crippen molar-refractivity contribution in [2.45, 2.75) is 25.3 Å². The monoisotopic (exact) mass is 257 g/mol. The lowest BCUT2D eigenvalue weighted by Gasteiger charge is -2.07. The van der Waals surface area contributed by atoms with Gasteiger partial charge in [-0.2, -0.15) is 0 Å². The van der Waals surface area contributed by atoms with Crippen LogP contribution in [0.1, 0.15) is 40.5 Å². The van der Waals surface area contributed by atoms with Crippen LogP contribution in [0, 0.1) is 0 Å². The fourth-order valence-electron chi connectivity index (χ4n) is 2.19. The molecule has 1 aromatic carbocycles. The van der Waals surface area contributed by atoms with Gasteiger partial charge in [-0.3, -0.25) is 4.79 Å². The zero-order valence-corrected chi connectivity index (χ0v) is 10.4. The molecule has 1 aliphatic rings. The molecule has 1 heterocycles. The minimum atomic E-state index is -0.435. The van der Waals surface area contributed by atoms with Crippen LogP contribution in [-0.4, -0.2) is 20.9 Å². The summed E-state index contributed by atoms with van der Waals surface area (Å²) in [4.78, 5) is 11.1. The van der Waals surface area contributed by atoms with Crippen molar-refractivity contribution in [1.29, 1.82) is 0 Å². The Morgan fingerprint density at radius 3 is 2.53 bits per heavy atom. The van der Waals surface area contributed by atoms with Gasteiger partial charge in [0.25, 0.3) is 0 Å². The summed E-state index contributed by atoms with van der Waals surface area (Å²) in [5, 5.41) is 8.29. The molecule has 1 aromatic heterocycles. The third-order valence-corrected chi connectivity index (χ3v) is 3.33. The molecule has 4 N–H and O–H groups in total. The van der Waals surface area contributed by atoms with E-state index in [9.17, 15) is 4.79 Å². The van der Waals surface area contributed by atoms with Gasteiger partial charge in [-0.05, 0) is 37.1 Å². The number of amides is 1. The van der Waals surface area contributed by atoms with Crippen LogP contribution in [0.3, 0.4) is 0 Å². The summed E-state index contributed by atoms with van der Waals surface area (Å²) in [6, 6.07) is 7.03. The van der Waals surface area contributed by atoms with Crippen molar-refractivity contribution in [1.82, 2.24) is 15.0 Å². The average Bonchev–Trinajstić information content (AvgIpc) is 3.17. The van der Waals surface area contributed by atoms with E-state index in [-0.39, 0.29) is 0 Å². The maximum atomic E-state index is 11.1. The van der Waals surface area contributed by atoms with Crippen LogP contribution in [0.4, 0.5) is 0 Å². The summed E-state index contributed by atoms with van der Waals surface area (Å²) in [6.45, 7) is 0.394. The van der Waals surface area contributed by atoms with Crippen molar-refractivity contribution in [3.63, 3.8) is 0 Å². The zero-order valence-electron chi connectivity index (χ0n) is 10.4. The van der Waals surface area contributed by atoms with Gasteiger partial charge in [0.05, 0.1) is 11.4 Å². The lowest BCUT2D eigenvalue weighted by molar-refractivity contribution is 0.100. The fraction of sp³-hybridized carbons (Fsp3) is 0.308. The Bertz CT molecular complexity index is 612. The van der Waals surface area contributed by atoms with Crippen LogP contribution in [0.2, 0.25) is 0 Å². The summed E-state index contributed by atoms with van der Waals surface area (Å²) < 4.78 is 1.81. The highest BCUT2D eigenvalue weighted by atomic mass is 16.1. The largest absolute Gasteiger partial charge is 0.366 e. The normalized spacial score (nSPS) is 14.6. The number of carbonyl (C=O) groups is 1. The Labute approximate surface area is 110 Å². The van der Waals surface area contributed by atoms with E-state index < -0.39 is 5.91 Å². The number of primary amides is 1. The van der Waals surface area contributed by atoms with Crippen molar-refractivity contribution in [2.24, 2.45) is 11.5 Å². The van der Waals surface area contributed by atoms with Crippen LogP contribution in [0.15, 0.2) is 24.3 Å². The summed E-state index contributed by atoms with van der Waals surface area (Å²) in [5.74, 6) is 0.0690. The number of hydrogen-bond donors (Lipinski definition) is 2. The Morgan fingerprint density at radius 2 is 2.00 bits per heavy atom. The quantitative estimate of drug-likeness (QED) is 0.842. The molecule has 0 atom stereocenters. The molecule has 3 rings (SSSR count). The fourth-order valence-corrected chi connectivity index (χ4v) is 2.19. The first kappa shape index (κ1) is 11.9. The molecule has 98 valence electrons. The van der Waals surface area contributed by atoms with Gasteiger partial charge in [-0.1, -0.05) is 5.21 Å². The second-order valence-corrected chi connectivity index (χ2v) is 4.72. The predicted molar refractivity (Wildman–Crippen MR) is 69.7 cm³/mol. The van der Waals surface area contributed by atoms with E-state index in [4.69, 9.17) is 11.5 Å². The van der Waals surface area contributed by atoms with E-state index in [0.29, 0.717) is 18.0 Å². The zero-order chi connectivity index (χ0) is 13.4. The first-order valence-electron chi connectivity index (χ1n) is 6.25. The highest BCUT2D eigenvalue weighted by molar-refractivity contribution is 5.92. The molecule has 1 aliphatic carbocycles. The predicted octanol–water partition coefficient (Wildman–Crippen LogP) is 0.702. The van der Waals surface area contributed by atoms with Gasteiger partial charge in [0.1, 0.15) is 5.69 Å². The van der Waals surface area contributed by atoms with Crippen molar-refractivity contribution >= 4 is 5.91 Å². The molecule has 0 spiro atoms. The first-order chi connectivity index (χ1) is 9.20. The molecule has 1 saturated carbocycles.